The fourth-order valence-electron chi connectivity index (χ4n) is 4.39. The molecule has 0 aliphatic heterocycles. The minimum Gasteiger partial charge on any atom is -0.493 e. The van der Waals surface area contributed by atoms with Crippen molar-refractivity contribution in [3.8, 4) is 11.5 Å². The van der Waals surface area contributed by atoms with Crippen molar-refractivity contribution in [1.29, 1.82) is 0 Å². The number of amides is 1. The van der Waals surface area contributed by atoms with E-state index in [1.165, 1.54) is 0 Å². The predicted octanol–water partition coefficient (Wildman–Crippen LogP) is 3.13. The first-order chi connectivity index (χ1) is 15.3. The molecule has 1 aromatic rings. The first-order valence-corrected chi connectivity index (χ1v) is 11.4. The van der Waals surface area contributed by atoms with Crippen LogP contribution in [0.4, 0.5) is 0 Å². The number of guanidine groups is 1. The molecular weight excluding hydrogens is 533 g/mol. The van der Waals surface area contributed by atoms with Gasteiger partial charge < -0.3 is 29.9 Å². The van der Waals surface area contributed by atoms with Gasteiger partial charge in [0.15, 0.2) is 17.5 Å². The smallest absolute Gasteiger partial charge is 0.230 e. The molecule has 9 heteroatoms. The summed E-state index contributed by atoms with van der Waals surface area (Å²) in [6.07, 6.45) is 3.97. The molecule has 1 aliphatic carbocycles. The summed E-state index contributed by atoms with van der Waals surface area (Å²) in [7, 11) is 11.1. The van der Waals surface area contributed by atoms with E-state index >= 15 is 0 Å². The highest BCUT2D eigenvalue weighted by molar-refractivity contribution is 14.0. The van der Waals surface area contributed by atoms with E-state index in [0.717, 1.165) is 43.8 Å². The Labute approximate surface area is 216 Å². The first kappa shape index (κ1) is 29.3. The van der Waals surface area contributed by atoms with Gasteiger partial charge in [-0.05, 0) is 51.6 Å². The zero-order valence-electron chi connectivity index (χ0n) is 21.2. The second-order valence-electron chi connectivity index (χ2n) is 8.86. The van der Waals surface area contributed by atoms with E-state index in [-0.39, 0.29) is 41.3 Å². The molecule has 0 radical (unpaired) electrons. The van der Waals surface area contributed by atoms with Crippen LogP contribution in [-0.2, 0) is 4.79 Å². The fraction of sp³-hybridized carbons (Fsp3) is 0.667. The number of aliphatic imine (C=N–C) groups is 1. The molecule has 2 N–H and O–H groups in total. The molecule has 0 aromatic heterocycles. The van der Waals surface area contributed by atoms with Gasteiger partial charge in [0.1, 0.15) is 0 Å². The first-order valence-electron chi connectivity index (χ1n) is 11.4. The molecular formula is C24H42IN5O3. The van der Waals surface area contributed by atoms with Crippen molar-refractivity contribution in [3.63, 3.8) is 0 Å². The van der Waals surface area contributed by atoms with Crippen molar-refractivity contribution in [1.82, 2.24) is 20.4 Å². The number of likely N-dealkylation sites (N-methyl/N-ethyl adjacent to an activating group) is 1. The number of hydrogen-bond acceptors (Lipinski definition) is 5. The van der Waals surface area contributed by atoms with Crippen LogP contribution in [0.5, 0.6) is 11.5 Å². The van der Waals surface area contributed by atoms with E-state index in [4.69, 9.17) is 14.5 Å². The van der Waals surface area contributed by atoms with Gasteiger partial charge >= 0.3 is 0 Å². The van der Waals surface area contributed by atoms with Crippen LogP contribution in [0.15, 0.2) is 23.2 Å². The fourth-order valence-corrected chi connectivity index (χ4v) is 4.39. The molecule has 33 heavy (non-hydrogen) atoms. The Kier molecular flexibility index (Phi) is 12.3. The van der Waals surface area contributed by atoms with Crippen molar-refractivity contribution in [2.75, 3.05) is 62.0 Å². The third-order valence-electron chi connectivity index (χ3n) is 6.18. The van der Waals surface area contributed by atoms with Gasteiger partial charge in [-0.3, -0.25) is 9.79 Å². The van der Waals surface area contributed by atoms with E-state index in [1.807, 2.05) is 33.2 Å². The van der Waals surface area contributed by atoms with Crippen LogP contribution in [0.1, 0.15) is 44.2 Å². The molecule has 1 amide bonds. The van der Waals surface area contributed by atoms with Gasteiger partial charge in [-0.1, -0.05) is 18.9 Å². The number of ether oxygens (including phenoxy) is 2. The number of carbonyl (C=O) groups is 1. The Hall–Kier alpha value is -1.75. The van der Waals surface area contributed by atoms with Gasteiger partial charge in [0.2, 0.25) is 5.91 Å². The van der Waals surface area contributed by atoms with Crippen molar-refractivity contribution < 1.29 is 14.3 Å². The number of nitrogens with one attached hydrogen (secondary N) is 2. The SMILES string of the molecule is CCNC(=NCC1(C(=O)N(C)C)CCCC1)NCC(c1ccc(OC)c(OC)c1)N(C)C.I. The molecule has 1 saturated carbocycles. The molecule has 1 aliphatic rings. The van der Waals surface area contributed by atoms with Gasteiger partial charge in [-0.25, -0.2) is 0 Å². The summed E-state index contributed by atoms with van der Waals surface area (Å²) >= 11 is 0. The van der Waals surface area contributed by atoms with Gasteiger partial charge in [0.25, 0.3) is 0 Å². The Morgan fingerprint density at radius 1 is 1.09 bits per heavy atom. The monoisotopic (exact) mass is 575 g/mol. The van der Waals surface area contributed by atoms with Gasteiger partial charge in [0, 0.05) is 27.2 Å². The summed E-state index contributed by atoms with van der Waals surface area (Å²) < 4.78 is 10.9. The molecule has 188 valence electrons. The molecule has 1 aromatic carbocycles. The molecule has 0 saturated heterocycles. The summed E-state index contributed by atoms with van der Waals surface area (Å²) in [5.74, 6) is 2.34. The number of carbonyl (C=O) groups excluding carboxylic acids is 1. The van der Waals surface area contributed by atoms with E-state index in [9.17, 15) is 4.79 Å². The Morgan fingerprint density at radius 3 is 2.24 bits per heavy atom. The third kappa shape index (κ3) is 7.63. The molecule has 1 fully saturated rings. The summed E-state index contributed by atoms with van der Waals surface area (Å²) in [5.41, 5.74) is 0.738. The second-order valence-corrected chi connectivity index (χ2v) is 8.86. The van der Waals surface area contributed by atoms with Crippen molar-refractivity contribution >= 4 is 35.8 Å². The zero-order chi connectivity index (χ0) is 23.7. The summed E-state index contributed by atoms with van der Waals surface area (Å²) in [6, 6.07) is 6.10. The highest BCUT2D eigenvalue weighted by atomic mass is 127. The molecule has 8 nitrogen and oxygen atoms in total. The summed E-state index contributed by atoms with van der Waals surface area (Å²) in [4.78, 5) is 21.6. The second kappa shape index (κ2) is 13.8. The minimum absolute atomic E-state index is 0. The molecule has 1 unspecified atom stereocenters. The van der Waals surface area contributed by atoms with Crippen LogP contribution in [0.25, 0.3) is 0 Å². The average Bonchev–Trinajstić information content (AvgIpc) is 3.26. The highest BCUT2D eigenvalue weighted by Gasteiger charge is 2.42. The van der Waals surface area contributed by atoms with E-state index in [0.29, 0.717) is 24.6 Å². The lowest BCUT2D eigenvalue weighted by molar-refractivity contribution is -0.138. The number of halogens is 1. The largest absolute Gasteiger partial charge is 0.493 e. The van der Waals surface area contributed by atoms with Gasteiger partial charge in [0.05, 0.1) is 32.2 Å². The van der Waals surface area contributed by atoms with Crippen LogP contribution in [0.2, 0.25) is 0 Å². The zero-order valence-corrected chi connectivity index (χ0v) is 23.6. The highest BCUT2D eigenvalue weighted by Crippen LogP contribution is 2.39. The van der Waals surface area contributed by atoms with Crippen molar-refractivity contribution in [2.24, 2.45) is 10.4 Å². The maximum atomic E-state index is 12.9. The topological polar surface area (TPSA) is 78.4 Å². The lowest BCUT2D eigenvalue weighted by atomic mass is 9.85. The minimum atomic E-state index is -0.379. The number of benzene rings is 1. The molecule has 1 atom stereocenters. The number of nitrogens with zero attached hydrogens (tertiary/aromatic N) is 3. The molecule has 0 heterocycles. The van der Waals surface area contributed by atoms with Gasteiger partial charge in [-0.15, -0.1) is 24.0 Å². The molecule has 2 rings (SSSR count). The van der Waals surface area contributed by atoms with E-state index in [1.54, 1.807) is 19.1 Å². The van der Waals surface area contributed by atoms with Crippen molar-refractivity contribution in [2.45, 2.75) is 38.6 Å². The normalized spacial score (nSPS) is 16.1. The average molecular weight is 576 g/mol. The van der Waals surface area contributed by atoms with Crippen LogP contribution in [0, 0.1) is 5.41 Å². The summed E-state index contributed by atoms with van der Waals surface area (Å²) in [5, 5.41) is 6.81. The molecule has 0 bridgehead atoms. The van der Waals surface area contributed by atoms with E-state index in [2.05, 4.69) is 35.7 Å². The predicted molar refractivity (Wildman–Crippen MR) is 145 cm³/mol. The van der Waals surface area contributed by atoms with Crippen LogP contribution >= 0.6 is 24.0 Å². The van der Waals surface area contributed by atoms with Crippen LogP contribution < -0.4 is 20.1 Å². The molecule has 0 spiro atoms. The maximum absolute atomic E-state index is 12.9. The Bertz CT molecular complexity index is 779. The lowest BCUT2D eigenvalue weighted by Crippen LogP contribution is -2.44. The van der Waals surface area contributed by atoms with Crippen molar-refractivity contribution in [3.05, 3.63) is 23.8 Å². The standard InChI is InChI=1S/C24H41N5O3.HI/c1-8-25-23(27-17-24(13-9-10-14-24)22(30)29(4)5)26-16-19(28(2)3)18-11-12-20(31-6)21(15-18)32-7;/h11-12,15,19H,8-10,13-14,16-17H2,1-7H3,(H2,25,26,27);1H. The van der Waals surface area contributed by atoms with Crippen LogP contribution in [0.3, 0.4) is 0 Å². The quantitative estimate of drug-likeness (QED) is 0.254. The Balaban J connectivity index is 0.00000544. The number of methoxy groups -OCH3 is 2. The van der Waals surface area contributed by atoms with Gasteiger partial charge in [-0.2, -0.15) is 0 Å². The maximum Gasteiger partial charge on any atom is 0.230 e. The third-order valence-corrected chi connectivity index (χ3v) is 6.18. The number of hydrogen-bond donors (Lipinski definition) is 2. The lowest BCUT2D eigenvalue weighted by Gasteiger charge is -2.30. The summed E-state index contributed by atoms with van der Waals surface area (Å²) in [6.45, 7) is 3.96. The van der Waals surface area contributed by atoms with Crippen LogP contribution in [-0.4, -0.2) is 83.7 Å². The Morgan fingerprint density at radius 2 is 1.73 bits per heavy atom. The number of rotatable bonds is 10. The van der Waals surface area contributed by atoms with E-state index < -0.39 is 0 Å².